The number of carbonyl (C=O) groups excluding carboxylic acids is 1. The van der Waals surface area contributed by atoms with Crippen LogP contribution in [0.4, 0.5) is 0 Å². The van der Waals surface area contributed by atoms with Gasteiger partial charge in [0.25, 0.3) is 0 Å². The van der Waals surface area contributed by atoms with Crippen molar-refractivity contribution in [1.82, 2.24) is 9.55 Å². The zero-order chi connectivity index (χ0) is 13.9. The Hall–Kier alpha value is -2.62. The number of fused-ring (bicyclic) bond motifs is 1. The number of rotatable bonds is 4. The van der Waals surface area contributed by atoms with Crippen LogP contribution in [-0.2, 0) is 11.2 Å². The fraction of sp³-hybridized carbons (Fsp3) is 0.125. The highest BCUT2D eigenvalue weighted by atomic mass is 16.4. The molecule has 0 radical (unpaired) electrons. The van der Waals surface area contributed by atoms with Gasteiger partial charge < -0.3 is 9.90 Å². The van der Waals surface area contributed by atoms with E-state index in [0.717, 1.165) is 22.5 Å². The number of carboxylic acids is 1. The van der Waals surface area contributed by atoms with Gasteiger partial charge in [0.1, 0.15) is 5.82 Å². The second kappa shape index (κ2) is 5.17. The van der Waals surface area contributed by atoms with E-state index in [9.17, 15) is 9.90 Å². The first-order chi connectivity index (χ1) is 9.75. The van der Waals surface area contributed by atoms with Crippen LogP contribution in [0.3, 0.4) is 0 Å². The van der Waals surface area contributed by atoms with Crippen molar-refractivity contribution in [3.05, 3.63) is 60.4 Å². The van der Waals surface area contributed by atoms with Crippen molar-refractivity contribution in [2.75, 3.05) is 0 Å². The number of para-hydroxylation sites is 3. The normalized spacial score (nSPS) is 10.8. The maximum atomic E-state index is 10.7. The molecule has 0 aliphatic rings. The number of imidazole rings is 1. The molecule has 0 aliphatic carbocycles. The molecule has 0 unspecified atom stereocenters. The number of benzene rings is 2. The third-order valence-corrected chi connectivity index (χ3v) is 3.20. The van der Waals surface area contributed by atoms with Gasteiger partial charge in [-0.15, -0.1) is 0 Å². The Balaban J connectivity index is 2.16. The van der Waals surface area contributed by atoms with Crippen molar-refractivity contribution in [2.24, 2.45) is 0 Å². The summed E-state index contributed by atoms with van der Waals surface area (Å²) in [5.74, 6) is -0.321. The van der Waals surface area contributed by atoms with Gasteiger partial charge in [0.2, 0.25) is 0 Å². The summed E-state index contributed by atoms with van der Waals surface area (Å²) in [4.78, 5) is 15.2. The standard InChI is InChI=1S/C16H14N2O2/c19-16(20)11-10-15-17-13-8-4-5-9-14(13)18(15)12-6-2-1-3-7-12/h1-9H,10-11H2,(H,19,20)/p-1. The summed E-state index contributed by atoms with van der Waals surface area (Å²) < 4.78 is 2.00. The predicted molar refractivity (Wildman–Crippen MR) is 74.4 cm³/mol. The second-order valence-corrected chi connectivity index (χ2v) is 4.56. The van der Waals surface area contributed by atoms with Gasteiger partial charge in [-0.2, -0.15) is 0 Å². The Kier molecular flexibility index (Phi) is 3.21. The zero-order valence-electron chi connectivity index (χ0n) is 10.8. The van der Waals surface area contributed by atoms with Gasteiger partial charge in [0.15, 0.2) is 0 Å². The van der Waals surface area contributed by atoms with Crippen molar-refractivity contribution < 1.29 is 9.90 Å². The Morgan fingerprint density at radius 3 is 2.50 bits per heavy atom. The maximum absolute atomic E-state index is 10.7. The molecule has 20 heavy (non-hydrogen) atoms. The molecule has 4 nitrogen and oxygen atoms in total. The Bertz CT molecular complexity index is 748. The smallest absolute Gasteiger partial charge is 0.114 e. The fourth-order valence-electron chi connectivity index (χ4n) is 2.32. The number of carbonyl (C=O) groups is 1. The van der Waals surface area contributed by atoms with Crippen LogP contribution in [0, 0.1) is 0 Å². The summed E-state index contributed by atoms with van der Waals surface area (Å²) in [6, 6.07) is 17.6. The van der Waals surface area contributed by atoms with E-state index in [-0.39, 0.29) is 6.42 Å². The molecule has 3 rings (SSSR count). The van der Waals surface area contributed by atoms with E-state index in [0.29, 0.717) is 6.42 Å². The molecule has 1 heterocycles. The second-order valence-electron chi connectivity index (χ2n) is 4.56. The van der Waals surface area contributed by atoms with Gasteiger partial charge in [0.05, 0.1) is 11.0 Å². The third kappa shape index (κ3) is 2.28. The van der Waals surface area contributed by atoms with Gasteiger partial charge in [0, 0.05) is 18.1 Å². The fourth-order valence-corrected chi connectivity index (χ4v) is 2.32. The van der Waals surface area contributed by atoms with Crippen molar-refractivity contribution in [3.8, 4) is 5.69 Å². The Morgan fingerprint density at radius 2 is 1.75 bits per heavy atom. The molecular formula is C16H13N2O2-. The lowest BCUT2D eigenvalue weighted by atomic mass is 10.2. The first-order valence-corrected chi connectivity index (χ1v) is 6.47. The molecule has 0 fully saturated rings. The molecule has 2 aromatic carbocycles. The van der Waals surface area contributed by atoms with E-state index in [4.69, 9.17) is 0 Å². The molecule has 0 bridgehead atoms. The number of aliphatic carboxylic acids is 1. The Labute approximate surface area is 116 Å². The van der Waals surface area contributed by atoms with E-state index >= 15 is 0 Å². The minimum atomic E-state index is -1.06. The lowest BCUT2D eigenvalue weighted by Crippen LogP contribution is -2.23. The molecule has 0 aliphatic heterocycles. The van der Waals surface area contributed by atoms with Crippen LogP contribution >= 0.6 is 0 Å². The van der Waals surface area contributed by atoms with Crippen molar-refractivity contribution in [1.29, 1.82) is 0 Å². The zero-order valence-corrected chi connectivity index (χ0v) is 10.8. The average molecular weight is 265 g/mol. The number of hydrogen-bond acceptors (Lipinski definition) is 3. The van der Waals surface area contributed by atoms with E-state index in [1.807, 2.05) is 59.2 Å². The number of hydrogen-bond donors (Lipinski definition) is 0. The molecular weight excluding hydrogens is 252 g/mol. The minimum absolute atomic E-state index is 0.0316. The molecule has 0 amide bonds. The first kappa shape index (κ1) is 12.4. The summed E-state index contributed by atoms with van der Waals surface area (Å²) >= 11 is 0. The van der Waals surface area contributed by atoms with Gasteiger partial charge in [-0.05, 0) is 30.7 Å². The third-order valence-electron chi connectivity index (χ3n) is 3.20. The van der Waals surface area contributed by atoms with E-state index < -0.39 is 5.97 Å². The van der Waals surface area contributed by atoms with Crippen LogP contribution in [0.1, 0.15) is 12.2 Å². The SMILES string of the molecule is O=C([O-])CCc1nc2ccccc2n1-c1ccccc1. The maximum Gasteiger partial charge on any atom is 0.114 e. The average Bonchev–Trinajstić information content (AvgIpc) is 2.84. The molecule has 0 saturated carbocycles. The van der Waals surface area contributed by atoms with Crippen LogP contribution in [0.2, 0.25) is 0 Å². The summed E-state index contributed by atoms with van der Waals surface area (Å²) in [6.07, 6.45) is 0.321. The van der Waals surface area contributed by atoms with Gasteiger partial charge in [-0.25, -0.2) is 4.98 Å². The molecule has 100 valence electrons. The monoisotopic (exact) mass is 265 g/mol. The highest BCUT2D eigenvalue weighted by Crippen LogP contribution is 2.22. The van der Waals surface area contributed by atoms with E-state index in [1.54, 1.807) is 0 Å². The highest BCUT2D eigenvalue weighted by molar-refractivity contribution is 5.78. The molecule has 3 aromatic rings. The van der Waals surface area contributed by atoms with Crippen LogP contribution in [0.15, 0.2) is 54.6 Å². The number of aryl methyl sites for hydroxylation is 1. The highest BCUT2D eigenvalue weighted by Gasteiger charge is 2.11. The van der Waals surface area contributed by atoms with Crippen LogP contribution in [-0.4, -0.2) is 15.5 Å². The van der Waals surface area contributed by atoms with Crippen molar-refractivity contribution >= 4 is 17.0 Å². The molecule has 0 spiro atoms. The molecule has 4 heteroatoms. The summed E-state index contributed by atoms with van der Waals surface area (Å²) in [7, 11) is 0. The number of aromatic nitrogens is 2. The first-order valence-electron chi connectivity index (χ1n) is 6.47. The van der Waals surface area contributed by atoms with Gasteiger partial charge >= 0.3 is 0 Å². The van der Waals surface area contributed by atoms with E-state index in [1.165, 1.54) is 0 Å². The summed E-state index contributed by atoms with van der Waals surface area (Å²) in [6.45, 7) is 0. The minimum Gasteiger partial charge on any atom is -0.550 e. The lowest BCUT2D eigenvalue weighted by molar-refractivity contribution is -0.305. The molecule has 1 aromatic heterocycles. The van der Waals surface area contributed by atoms with Crippen molar-refractivity contribution in [2.45, 2.75) is 12.8 Å². The van der Waals surface area contributed by atoms with Gasteiger partial charge in [-0.3, -0.25) is 4.57 Å². The predicted octanol–water partition coefficient (Wildman–Crippen LogP) is 1.71. The van der Waals surface area contributed by atoms with Gasteiger partial charge in [-0.1, -0.05) is 30.3 Å². The van der Waals surface area contributed by atoms with E-state index in [2.05, 4.69) is 4.98 Å². The topological polar surface area (TPSA) is 57.9 Å². The quantitative estimate of drug-likeness (QED) is 0.721. The Morgan fingerprint density at radius 1 is 1.05 bits per heavy atom. The number of carboxylic acid groups (broad SMARTS) is 1. The van der Waals surface area contributed by atoms with Crippen LogP contribution in [0.25, 0.3) is 16.7 Å². The number of nitrogens with zero attached hydrogens (tertiary/aromatic N) is 2. The van der Waals surface area contributed by atoms with Crippen molar-refractivity contribution in [3.63, 3.8) is 0 Å². The lowest BCUT2D eigenvalue weighted by Gasteiger charge is -2.09. The molecule has 0 atom stereocenters. The summed E-state index contributed by atoms with van der Waals surface area (Å²) in [5, 5.41) is 10.7. The molecule has 0 N–H and O–H groups in total. The molecule has 0 saturated heterocycles. The summed E-state index contributed by atoms with van der Waals surface area (Å²) in [5.41, 5.74) is 2.83. The van der Waals surface area contributed by atoms with Crippen LogP contribution < -0.4 is 5.11 Å². The van der Waals surface area contributed by atoms with Crippen LogP contribution in [0.5, 0.6) is 0 Å². The largest absolute Gasteiger partial charge is 0.550 e.